The Kier molecular flexibility index (Phi) is 65.0. The minimum Gasteiger partial charge on any atom is -0.478 e. The Balaban J connectivity index is -0.000000109. The van der Waals surface area contributed by atoms with E-state index in [0.717, 1.165) is 6.42 Å². The summed E-state index contributed by atoms with van der Waals surface area (Å²) in [6.45, 7) is 7.52. The molecule has 0 bridgehead atoms. The molecule has 6 aromatic rings. The molecule has 6 aromatic carbocycles. The van der Waals surface area contributed by atoms with E-state index in [1.54, 1.807) is 182 Å². The molecule has 0 heterocycles. The number of aromatic carboxylic acids is 6. The summed E-state index contributed by atoms with van der Waals surface area (Å²) in [6, 6.07) is 49.8. The first-order valence-corrected chi connectivity index (χ1v) is 20.3. The molecular formula is C53H63Cl6O12W-. The first-order valence-electron chi connectivity index (χ1n) is 20.3. The maximum atomic E-state index is 10.2. The molecule has 6 rings (SSSR count). The summed E-state index contributed by atoms with van der Waals surface area (Å²) in [6.07, 6.45) is 12.5. The van der Waals surface area contributed by atoms with Crippen LogP contribution in [0.5, 0.6) is 0 Å². The van der Waals surface area contributed by atoms with E-state index in [1.165, 1.54) is 44.9 Å². The van der Waals surface area contributed by atoms with Crippen LogP contribution in [0.15, 0.2) is 195 Å². The maximum absolute atomic E-state index is 10.2. The van der Waals surface area contributed by atoms with Crippen LogP contribution in [0.4, 0.5) is 0 Å². The van der Waals surface area contributed by atoms with Gasteiger partial charge in [-0.15, -0.1) is 81.0 Å². The summed E-state index contributed by atoms with van der Waals surface area (Å²) in [5.41, 5.74) is 1.99. The van der Waals surface area contributed by atoms with Gasteiger partial charge in [-0.3, -0.25) is 0 Å². The Hall–Kier alpha value is -5.69. The molecule has 72 heavy (non-hydrogen) atoms. The van der Waals surface area contributed by atoms with Gasteiger partial charge in [0.25, 0.3) is 0 Å². The average Bonchev–Trinajstić information content (AvgIpc) is 3.34. The molecule has 0 unspecified atom stereocenters. The van der Waals surface area contributed by atoms with Gasteiger partial charge in [0, 0.05) is 21.1 Å². The molecule has 0 atom stereocenters. The van der Waals surface area contributed by atoms with Crippen molar-refractivity contribution in [2.75, 3.05) is 0 Å². The second kappa shape index (κ2) is 56.2. The molecule has 0 aliphatic heterocycles. The molecule has 12 nitrogen and oxygen atoms in total. The number of carboxylic acid groups (broad SMARTS) is 6. The molecular weight excluding hydrogens is 1230 g/mol. The predicted octanol–water partition coefficient (Wildman–Crippen LogP) is 15.0. The van der Waals surface area contributed by atoms with E-state index >= 15 is 0 Å². The smallest absolute Gasteiger partial charge is 0.335 e. The van der Waals surface area contributed by atoms with Gasteiger partial charge in [-0.1, -0.05) is 147 Å². The average molecular weight is 1290 g/mol. The van der Waals surface area contributed by atoms with Crippen molar-refractivity contribution in [3.63, 3.8) is 0 Å². The largest absolute Gasteiger partial charge is 0.478 e. The molecule has 0 aliphatic rings. The number of carboxylic acids is 6. The van der Waals surface area contributed by atoms with Crippen molar-refractivity contribution in [1.82, 2.24) is 0 Å². The van der Waals surface area contributed by atoms with Crippen molar-refractivity contribution in [2.24, 2.45) is 0 Å². The summed E-state index contributed by atoms with van der Waals surface area (Å²) >= 11 is 0. The summed E-state index contributed by atoms with van der Waals surface area (Å²) in [5.74, 6) is -5.27. The Labute approximate surface area is 473 Å². The van der Waals surface area contributed by atoms with E-state index in [4.69, 9.17) is 30.6 Å². The van der Waals surface area contributed by atoms with Crippen LogP contribution in [0.3, 0.4) is 0 Å². The number of benzene rings is 6. The third-order valence-corrected chi connectivity index (χ3v) is 8.03. The fraction of sp³-hybridized carbons (Fsp3) is 0.151. The van der Waals surface area contributed by atoms with Gasteiger partial charge in [-0.2, -0.15) is 6.42 Å². The van der Waals surface area contributed by atoms with E-state index < -0.39 is 35.8 Å². The number of hydrogen-bond acceptors (Lipinski definition) is 6. The quantitative estimate of drug-likeness (QED) is 0.0340. The SMILES string of the molecule is C=CCCCCCCCC[CH2-].Cl.Cl.Cl.Cl.Cl.Cl.O=C(O)c1ccccc1.O=C(O)c1ccccc1.O=C(O)c1ccccc1.O=C(O)c1ccccc1.O=C(O)c1ccccc1.O=C(O)c1ccccc1.[W]. The van der Waals surface area contributed by atoms with Gasteiger partial charge in [0.15, 0.2) is 0 Å². The predicted molar refractivity (Wildman–Crippen MR) is 296 cm³/mol. The van der Waals surface area contributed by atoms with Crippen LogP contribution in [0, 0.1) is 6.92 Å². The van der Waals surface area contributed by atoms with Gasteiger partial charge in [-0.25, -0.2) is 28.8 Å². The molecule has 6 N–H and O–H groups in total. The van der Waals surface area contributed by atoms with Crippen molar-refractivity contribution in [1.29, 1.82) is 0 Å². The first-order chi connectivity index (χ1) is 31.2. The van der Waals surface area contributed by atoms with Crippen molar-refractivity contribution < 1.29 is 80.5 Å². The number of halogens is 6. The van der Waals surface area contributed by atoms with Crippen LogP contribution in [-0.4, -0.2) is 66.5 Å². The molecule has 396 valence electrons. The molecule has 0 spiro atoms. The molecule has 0 amide bonds. The third-order valence-electron chi connectivity index (χ3n) is 8.03. The number of carbonyl (C=O) groups is 6. The maximum Gasteiger partial charge on any atom is 0.335 e. The van der Waals surface area contributed by atoms with Crippen LogP contribution in [0.25, 0.3) is 0 Å². The van der Waals surface area contributed by atoms with E-state index in [9.17, 15) is 28.8 Å². The Bertz CT molecular complexity index is 1830. The summed E-state index contributed by atoms with van der Waals surface area (Å²) < 4.78 is 0. The normalized spacial score (nSPS) is 8.18. The van der Waals surface area contributed by atoms with Gasteiger partial charge in [0.2, 0.25) is 0 Å². The standard InChI is InChI=1S/C11H21.6C7H6O2.6ClH.W/c1-3-5-7-9-11-10-8-6-4-2;6*8-7(9)6-4-2-1-3-5-6;;;;;;;/h3H,1-2,4-11H2;6*1-5H,(H,8,9);6*1H;/q-1;;;;;;;;;;;;;. The first kappa shape index (κ1) is 83.2. The molecule has 0 fully saturated rings. The number of hydrogen-bond donors (Lipinski definition) is 6. The minimum absolute atomic E-state index is 0. The van der Waals surface area contributed by atoms with Crippen molar-refractivity contribution in [3.8, 4) is 0 Å². The van der Waals surface area contributed by atoms with Gasteiger partial charge in [0.05, 0.1) is 33.4 Å². The number of unbranched alkanes of at least 4 members (excludes halogenated alkanes) is 7. The summed E-state index contributed by atoms with van der Waals surface area (Å²) in [5, 5.41) is 50.3. The second-order valence-corrected chi connectivity index (χ2v) is 13.1. The molecule has 0 aliphatic carbocycles. The number of allylic oxidation sites excluding steroid dienone is 1. The van der Waals surface area contributed by atoms with Crippen LogP contribution in [0.2, 0.25) is 0 Å². The molecule has 0 aromatic heterocycles. The van der Waals surface area contributed by atoms with E-state index in [2.05, 4.69) is 13.5 Å². The zero-order chi connectivity index (χ0) is 48.5. The van der Waals surface area contributed by atoms with E-state index in [-0.39, 0.29) is 95.5 Å². The van der Waals surface area contributed by atoms with Crippen molar-refractivity contribution in [3.05, 3.63) is 235 Å². The minimum atomic E-state index is -0.879. The second-order valence-electron chi connectivity index (χ2n) is 13.1. The van der Waals surface area contributed by atoms with Gasteiger partial charge in [0.1, 0.15) is 0 Å². The fourth-order valence-electron chi connectivity index (χ4n) is 4.66. The molecule has 19 heteroatoms. The topological polar surface area (TPSA) is 224 Å². The fourth-order valence-corrected chi connectivity index (χ4v) is 4.66. The van der Waals surface area contributed by atoms with Gasteiger partial charge >= 0.3 is 35.8 Å². The van der Waals surface area contributed by atoms with Gasteiger partial charge in [-0.05, 0) is 85.6 Å². The molecule has 0 saturated carbocycles. The van der Waals surface area contributed by atoms with Crippen molar-refractivity contribution in [2.45, 2.75) is 51.4 Å². The Morgan fingerprint density at radius 2 is 0.472 bits per heavy atom. The van der Waals surface area contributed by atoms with Crippen molar-refractivity contribution >= 4 is 110 Å². The van der Waals surface area contributed by atoms with Crippen LogP contribution in [-0.2, 0) is 21.1 Å². The van der Waals surface area contributed by atoms with E-state index in [1.807, 2.05) is 6.08 Å². The molecule has 0 radical (unpaired) electrons. The number of rotatable bonds is 14. The van der Waals surface area contributed by atoms with Crippen LogP contribution < -0.4 is 0 Å². The summed E-state index contributed by atoms with van der Waals surface area (Å²) in [4.78, 5) is 61.2. The summed E-state index contributed by atoms with van der Waals surface area (Å²) in [7, 11) is 0. The van der Waals surface area contributed by atoms with E-state index in [0.29, 0.717) is 33.4 Å². The Morgan fingerprint density at radius 3 is 0.597 bits per heavy atom. The third kappa shape index (κ3) is 46.7. The zero-order valence-corrected chi connectivity index (χ0v) is 46.8. The van der Waals surface area contributed by atoms with Crippen LogP contribution in [0.1, 0.15) is 114 Å². The van der Waals surface area contributed by atoms with Crippen LogP contribution >= 0.6 is 74.4 Å². The monoisotopic (exact) mass is 1290 g/mol. The Morgan fingerprint density at radius 1 is 0.319 bits per heavy atom. The molecule has 0 saturated heterocycles. The zero-order valence-electron chi connectivity index (χ0n) is 39.0. The van der Waals surface area contributed by atoms with Gasteiger partial charge < -0.3 is 37.6 Å².